The van der Waals surface area contributed by atoms with Crippen molar-refractivity contribution in [2.45, 2.75) is 37.4 Å². The second-order valence-corrected chi connectivity index (χ2v) is 10.5. The molecule has 0 bridgehead atoms. The molecule has 2 aromatic heterocycles. The molecule has 204 valence electrons. The fourth-order valence-corrected chi connectivity index (χ4v) is 5.74. The second-order valence-electron chi connectivity index (χ2n) is 10.1. The average molecular weight is 555 g/mol. The van der Waals surface area contributed by atoms with Crippen LogP contribution in [0, 0.1) is 6.92 Å². The van der Waals surface area contributed by atoms with Gasteiger partial charge in [0, 0.05) is 24.2 Å². The van der Waals surface area contributed by atoms with Crippen molar-refractivity contribution in [3.63, 3.8) is 0 Å². The number of benzene rings is 3. The number of rotatable bonds is 8. The number of aromatic nitrogens is 2. The van der Waals surface area contributed by atoms with Crippen molar-refractivity contribution >= 4 is 22.6 Å². The predicted octanol–water partition coefficient (Wildman–Crippen LogP) is 6.66. The summed E-state index contributed by atoms with van der Waals surface area (Å²) in [6, 6.07) is 30.2. The van der Waals surface area contributed by atoms with E-state index in [1.54, 1.807) is 19.4 Å². The van der Waals surface area contributed by atoms with Gasteiger partial charge in [0.05, 0.1) is 24.8 Å². The van der Waals surface area contributed by atoms with E-state index >= 15 is 0 Å². The Bertz CT molecular complexity index is 1590. The van der Waals surface area contributed by atoms with E-state index in [0.717, 1.165) is 39.0 Å². The van der Waals surface area contributed by atoms with Crippen LogP contribution in [0.2, 0.25) is 5.02 Å². The predicted molar refractivity (Wildman–Crippen MR) is 156 cm³/mol. The molecule has 5 aromatic rings. The van der Waals surface area contributed by atoms with Gasteiger partial charge in [0.15, 0.2) is 0 Å². The maximum Gasteiger partial charge on any atom is 0.143 e. The first kappa shape index (κ1) is 26.5. The van der Waals surface area contributed by atoms with Crippen LogP contribution in [0.25, 0.3) is 11.0 Å². The van der Waals surface area contributed by atoms with Gasteiger partial charge in [-0.05, 0) is 47.9 Å². The molecule has 3 heterocycles. The number of methoxy groups -OCH3 is 1. The van der Waals surface area contributed by atoms with Crippen molar-refractivity contribution in [1.29, 1.82) is 0 Å². The van der Waals surface area contributed by atoms with E-state index in [9.17, 15) is 5.11 Å². The molecule has 1 aliphatic heterocycles. The van der Waals surface area contributed by atoms with E-state index in [1.807, 2.05) is 59.3 Å². The minimum atomic E-state index is -0.947. The maximum atomic E-state index is 11.1. The van der Waals surface area contributed by atoms with Crippen molar-refractivity contribution in [3.8, 4) is 5.75 Å². The van der Waals surface area contributed by atoms with Crippen LogP contribution in [0.1, 0.15) is 34.9 Å². The number of aliphatic hydroxyl groups excluding tert-OH is 1. The Kier molecular flexibility index (Phi) is 7.34. The molecule has 1 N–H and O–H groups in total. The molecule has 0 saturated carbocycles. The Morgan fingerprint density at radius 3 is 2.33 bits per heavy atom. The Labute approximate surface area is 238 Å². The van der Waals surface area contributed by atoms with Gasteiger partial charge >= 0.3 is 0 Å². The Morgan fingerprint density at radius 1 is 0.950 bits per heavy atom. The molecule has 1 unspecified atom stereocenters. The van der Waals surface area contributed by atoms with Crippen molar-refractivity contribution in [1.82, 2.24) is 9.55 Å². The molecule has 4 atom stereocenters. The number of fused-ring (bicyclic) bond motifs is 1. The lowest BCUT2D eigenvalue weighted by atomic mass is 9.79. The lowest BCUT2D eigenvalue weighted by Crippen LogP contribution is -2.38. The van der Waals surface area contributed by atoms with Crippen LogP contribution in [-0.4, -0.2) is 40.6 Å². The fraction of sp³-hybridized carbons (Fsp3) is 0.242. The molecule has 0 spiro atoms. The van der Waals surface area contributed by atoms with Gasteiger partial charge < -0.3 is 23.9 Å². The number of pyridine rings is 1. The van der Waals surface area contributed by atoms with Gasteiger partial charge in [0.2, 0.25) is 0 Å². The van der Waals surface area contributed by atoms with Crippen LogP contribution in [0.15, 0.2) is 103 Å². The van der Waals surface area contributed by atoms with Gasteiger partial charge in [-0.25, -0.2) is 4.98 Å². The molecule has 0 radical (unpaired) electrons. The normalized spacial score (nSPS) is 20.4. The summed E-state index contributed by atoms with van der Waals surface area (Å²) in [4.78, 5) is 4.50. The summed E-state index contributed by atoms with van der Waals surface area (Å²) in [5.74, 6) is 0.764. The molecule has 0 aliphatic carbocycles. The molecular weight excluding hydrogens is 524 g/mol. The van der Waals surface area contributed by atoms with E-state index in [0.29, 0.717) is 11.4 Å². The highest BCUT2D eigenvalue weighted by molar-refractivity contribution is 6.35. The molecular formula is C33H31ClN2O4. The van der Waals surface area contributed by atoms with Crippen molar-refractivity contribution in [2.24, 2.45) is 0 Å². The van der Waals surface area contributed by atoms with E-state index in [4.69, 9.17) is 25.8 Å². The lowest BCUT2D eigenvalue weighted by molar-refractivity contribution is -0.0930. The molecule has 6 nitrogen and oxygen atoms in total. The zero-order valence-corrected chi connectivity index (χ0v) is 23.2. The Hall–Kier alpha value is -3.68. The van der Waals surface area contributed by atoms with Gasteiger partial charge in [-0.15, -0.1) is 0 Å². The zero-order chi connectivity index (χ0) is 27.7. The van der Waals surface area contributed by atoms with Crippen LogP contribution < -0.4 is 4.74 Å². The number of hydrogen-bond donors (Lipinski definition) is 1. The van der Waals surface area contributed by atoms with Crippen LogP contribution in [0.3, 0.4) is 0 Å². The lowest BCUT2D eigenvalue weighted by Gasteiger charge is -2.37. The number of ether oxygens (including phenoxy) is 3. The zero-order valence-electron chi connectivity index (χ0n) is 22.4. The van der Waals surface area contributed by atoms with Gasteiger partial charge in [0.25, 0.3) is 0 Å². The third kappa shape index (κ3) is 4.78. The van der Waals surface area contributed by atoms with Crippen LogP contribution in [-0.2, 0) is 15.1 Å². The summed E-state index contributed by atoms with van der Waals surface area (Å²) in [5.41, 5.74) is 3.84. The van der Waals surface area contributed by atoms with E-state index in [-0.39, 0.29) is 6.61 Å². The monoisotopic (exact) mass is 554 g/mol. The molecule has 1 fully saturated rings. The standard InChI is InChI=1S/C33H31ClN2O4/c1-22-8-10-24(11-9-22)33(23-6-4-3-5-7-23,25-12-14-26(38-2)15-13-25)39-21-30-29(37)20-31(40-30)36-19-17-27-28(34)16-18-35-32(27)36/h3-19,29-31,37H,20-21H2,1-2H3/t29-,30+,31+,33?/m0/s1. The minimum absolute atomic E-state index is 0.167. The Morgan fingerprint density at radius 2 is 1.62 bits per heavy atom. The first-order valence-electron chi connectivity index (χ1n) is 13.4. The molecule has 40 heavy (non-hydrogen) atoms. The summed E-state index contributed by atoms with van der Waals surface area (Å²) in [7, 11) is 1.66. The number of aryl methyl sites for hydroxylation is 1. The first-order valence-corrected chi connectivity index (χ1v) is 13.7. The van der Waals surface area contributed by atoms with E-state index < -0.39 is 24.0 Å². The third-order valence-electron chi connectivity index (χ3n) is 7.68. The van der Waals surface area contributed by atoms with Gasteiger partial charge in [0.1, 0.15) is 29.3 Å². The van der Waals surface area contributed by atoms with Crippen molar-refractivity contribution < 1.29 is 19.3 Å². The Balaban J connectivity index is 1.36. The smallest absolute Gasteiger partial charge is 0.143 e. The number of hydrogen-bond acceptors (Lipinski definition) is 5. The molecule has 3 aromatic carbocycles. The highest BCUT2D eigenvalue weighted by Gasteiger charge is 2.42. The molecule has 7 heteroatoms. The number of halogens is 1. The topological polar surface area (TPSA) is 65.7 Å². The number of aliphatic hydroxyl groups is 1. The molecule has 0 amide bonds. The fourth-order valence-electron chi connectivity index (χ4n) is 5.54. The summed E-state index contributed by atoms with van der Waals surface area (Å²) in [5, 5.41) is 12.6. The largest absolute Gasteiger partial charge is 0.497 e. The minimum Gasteiger partial charge on any atom is -0.497 e. The van der Waals surface area contributed by atoms with Gasteiger partial charge in [-0.3, -0.25) is 0 Å². The molecule has 1 aliphatic rings. The summed E-state index contributed by atoms with van der Waals surface area (Å²) in [6.07, 6.45) is 2.34. The van der Waals surface area contributed by atoms with E-state index in [1.165, 1.54) is 0 Å². The third-order valence-corrected chi connectivity index (χ3v) is 8.01. The quantitative estimate of drug-likeness (QED) is 0.217. The SMILES string of the molecule is COc1ccc(C(OC[C@H]2O[C@@H](n3ccc4c(Cl)ccnc43)C[C@@H]2O)(c2ccccc2)c2ccc(C)cc2)cc1. The van der Waals surface area contributed by atoms with Gasteiger partial charge in [-0.2, -0.15) is 0 Å². The molecule has 1 saturated heterocycles. The number of nitrogens with zero attached hydrogens (tertiary/aromatic N) is 2. The summed E-state index contributed by atoms with van der Waals surface area (Å²) >= 11 is 6.37. The van der Waals surface area contributed by atoms with Crippen molar-refractivity contribution in [3.05, 3.63) is 131 Å². The van der Waals surface area contributed by atoms with Crippen molar-refractivity contribution in [2.75, 3.05) is 13.7 Å². The molecule has 6 rings (SSSR count). The average Bonchev–Trinajstić information content (AvgIpc) is 3.59. The summed E-state index contributed by atoms with van der Waals surface area (Å²) in [6.45, 7) is 2.23. The second kappa shape index (κ2) is 11.1. The summed E-state index contributed by atoms with van der Waals surface area (Å²) < 4.78 is 20.7. The van der Waals surface area contributed by atoms with Crippen LogP contribution in [0.5, 0.6) is 5.75 Å². The van der Waals surface area contributed by atoms with Gasteiger partial charge in [-0.1, -0.05) is 83.9 Å². The van der Waals surface area contributed by atoms with Crippen LogP contribution >= 0.6 is 11.6 Å². The highest BCUT2D eigenvalue weighted by atomic mass is 35.5. The van der Waals surface area contributed by atoms with Crippen LogP contribution in [0.4, 0.5) is 0 Å². The first-order chi connectivity index (χ1) is 19.5. The highest BCUT2D eigenvalue weighted by Crippen LogP contribution is 2.42. The van der Waals surface area contributed by atoms with E-state index in [2.05, 4.69) is 48.3 Å². The maximum absolute atomic E-state index is 11.1.